The van der Waals surface area contributed by atoms with Crippen molar-refractivity contribution in [3.05, 3.63) is 59.7 Å². The first-order valence-electron chi connectivity index (χ1n) is 6.79. The quantitative estimate of drug-likeness (QED) is 0.792. The first kappa shape index (κ1) is 14.9. The van der Waals surface area contributed by atoms with E-state index < -0.39 is 5.97 Å². The highest BCUT2D eigenvalue weighted by molar-refractivity contribution is 5.88. The predicted molar refractivity (Wildman–Crippen MR) is 80.2 cm³/mol. The van der Waals surface area contributed by atoms with Crippen molar-refractivity contribution in [2.45, 2.75) is 12.8 Å². The lowest BCUT2D eigenvalue weighted by atomic mass is 10.1. The lowest BCUT2D eigenvalue weighted by Gasteiger charge is -2.11. The van der Waals surface area contributed by atoms with Crippen molar-refractivity contribution in [3.63, 3.8) is 0 Å². The summed E-state index contributed by atoms with van der Waals surface area (Å²) in [6, 6.07) is 14.8. The molecule has 0 fully saturated rings. The summed E-state index contributed by atoms with van der Waals surface area (Å²) in [6.45, 7) is 0.508. The van der Waals surface area contributed by atoms with E-state index in [0.717, 1.165) is 12.8 Å². The molecule has 0 aliphatic heterocycles. The molecule has 0 saturated heterocycles. The standard InChI is InChI=1S/C17H18O4/c1-20-15-10-9-14(17(18)19)12-16(15)21-11-5-8-13-6-3-2-4-7-13/h2-4,6-7,9-10,12H,5,8,11H2,1H3,(H,18,19). The summed E-state index contributed by atoms with van der Waals surface area (Å²) in [5.41, 5.74) is 1.45. The van der Waals surface area contributed by atoms with Crippen molar-refractivity contribution in [2.24, 2.45) is 0 Å². The first-order valence-corrected chi connectivity index (χ1v) is 6.79. The van der Waals surface area contributed by atoms with Gasteiger partial charge in [-0.1, -0.05) is 30.3 Å². The Morgan fingerprint density at radius 2 is 1.86 bits per heavy atom. The number of carboxylic acid groups (broad SMARTS) is 1. The zero-order chi connectivity index (χ0) is 15.1. The Bertz CT molecular complexity index is 593. The highest BCUT2D eigenvalue weighted by Gasteiger charge is 2.09. The molecular weight excluding hydrogens is 268 g/mol. The molecule has 0 saturated carbocycles. The zero-order valence-electron chi connectivity index (χ0n) is 11.9. The van der Waals surface area contributed by atoms with E-state index in [9.17, 15) is 4.79 Å². The molecule has 2 rings (SSSR count). The van der Waals surface area contributed by atoms with Crippen molar-refractivity contribution < 1.29 is 19.4 Å². The number of hydrogen-bond donors (Lipinski definition) is 1. The van der Waals surface area contributed by atoms with Crippen molar-refractivity contribution in [2.75, 3.05) is 13.7 Å². The summed E-state index contributed by atoms with van der Waals surface area (Å²) in [5.74, 6) is 0.0250. The molecule has 21 heavy (non-hydrogen) atoms. The monoisotopic (exact) mass is 286 g/mol. The summed E-state index contributed by atoms with van der Waals surface area (Å²) in [7, 11) is 1.53. The van der Waals surface area contributed by atoms with E-state index in [-0.39, 0.29) is 5.56 Å². The van der Waals surface area contributed by atoms with Gasteiger partial charge in [0, 0.05) is 0 Å². The maximum atomic E-state index is 11.0. The van der Waals surface area contributed by atoms with Crippen LogP contribution in [-0.2, 0) is 6.42 Å². The molecule has 0 aliphatic rings. The van der Waals surface area contributed by atoms with Crippen LogP contribution in [0, 0.1) is 0 Å². The fourth-order valence-corrected chi connectivity index (χ4v) is 2.03. The Labute approximate surface area is 123 Å². The van der Waals surface area contributed by atoms with Crippen LogP contribution in [-0.4, -0.2) is 24.8 Å². The molecule has 1 N–H and O–H groups in total. The van der Waals surface area contributed by atoms with Gasteiger partial charge in [0.1, 0.15) is 0 Å². The smallest absolute Gasteiger partial charge is 0.335 e. The number of aryl methyl sites for hydroxylation is 1. The van der Waals surface area contributed by atoms with Crippen molar-refractivity contribution >= 4 is 5.97 Å². The van der Waals surface area contributed by atoms with E-state index in [1.54, 1.807) is 6.07 Å². The third-order valence-electron chi connectivity index (χ3n) is 3.12. The number of ether oxygens (including phenoxy) is 2. The molecule has 2 aromatic rings. The van der Waals surface area contributed by atoms with Gasteiger partial charge in [-0.05, 0) is 36.6 Å². The molecule has 0 bridgehead atoms. The Kier molecular flexibility index (Phi) is 5.21. The van der Waals surface area contributed by atoms with E-state index in [4.69, 9.17) is 14.6 Å². The number of carboxylic acids is 1. The number of rotatable bonds is 7. The molecule has 110 valence electrons. The van der Waals surface area contributed by atoms with Gasteiger partial charge in [-0.3, -0.25) is 0 Å². The van der Waals surface area contributed by atoms with Crippen LogP contribution in [0.1, 0.15) is 22.3 Å². The van der Waals surface area contributed by atoms with Crippen molar-refractivity contribution in [1.29, 1.82) is 0 Å². The minimum Gasteiger partial charge on any atom is -0.493 e. The summed E-state index contributed by atoms with van der Waals surface area (Å²) in [6.07, 6.45) is 1.77. The second kappa shape index (κ2) is 7.33. The minimum atomic E-state index is -0.980. The van der Waals surface area contributed by atoms with Gasteiger partial charge in [0.15, 0.2) is 11.5 Å². The highest BCUT2D eigenvalue weighted by atomic mass is 16.5. The average Bonchev–Trinajstić information content (AvgIpc) is 2.52. The number of aromatic carboxylic acids is 1. The lowest BCUT2D eigenvalue weighted by molar-refractivity contribution is 0.0696. The second-order valence-corrected chi connectivity index (χ2v) is 4.61. The van der Waals surface area contributed by atoms with Gasteiger partial charge in [-0.25, -0.2) is 4.79 Å². The maximum Gasteiger partial charge on any atom is 0.335 e. The van der Waals surface area contributed by atoms with Crippen LogP contribution >= 0.6 is 0 Å². The molecule has 0 radical (unpaired) electrons. The largest absolute Gasteiger partial charge is 0.493 e. The molecule has 0 atom stereocenters. The molecule has 0 unspecified atom stereocenters. The predicted octanol–water partition coefficient (Wildman–Crippen LogP) is 3.41. The van der Waals surface area contributed by atoms with E-state index in [1.807, 2.05) is 18.2 Å². The first-order chi connectivity index (χ1) is 10.2. The summed E-state index contributed by atoms with van der Waals surface area (Å²) in [4.78, 5) is 11.0. The lowest BCUT2D eigenvalue weighted by Crippen LogP contribution is -2.03. The van der Waals surface area contributed by atoms with Gasteiger partial charge in [0.25, 0.3) is 0 Å². The van der Waals surface area contributed by atoms with Crippen LogP contribution in [0.4, 0.5) is 0 Å². The van der Waals surface area contributed by atoms with Crippen LogP contribution in [0.25, 0.3) is 0 Å². The second-order valence-electron chi connectivity index (χ2n) is 4.61. The molecule has 4 heteroatoms. The Balaban J connectivity index is 1.92. The van der Waals surface area contributed by atoms with E-state index in [0.29, 0.717) is 18.1 Å². The van der Waals surface area contributed by atoms with Gasteiger partial charge in [-0.2, -0.15) is 0 Å². The Hall–Kier alpha value is -2.49. The molecule has 0 aromatic heterocycles. The summed E-state index contributed by atoms with van der Waals surface area (Å²) < 4.78 is 10.8. The summed E-state index contributed by atoms with van der Waals surface area (Å²) in [5, 5.41) is 9.00. The third kappa shape index (κ3) is 4.24. The molecule has 0 spiro atoms. The third-order valence-corrected chi connectivity index (χ3v) is 3.12. The molecular formula is C17H18O4. The average molecular weight is 286 g/mol. The van der Waals surface area contributed by atoms with Gasteiger partial charge < -0.3 is 14.6 Å². The minimum absolute atomic E-state index is 0.189. The molecule has 0 heterocycles. The number of carbonyl (C=O) groups is 1. The normalized spacial score (nSPS) is 10.1. The number of methoxy groups -OCH3 is 1. The topological polar surface area (TPSA) is 55.8 Å². The van der Waals surface area contributed by atoms with Crippen LogP contribution in [0.15, 0.2) is 48.5 Å². The van der Waals surface area contributed by atoms with Crippen molar-refractivity contribution in [1.82, 2.24) is 0 Å². The van der Waals surface area contributed by atoms with Crippen LogP contribution in [0.5, 0.6) is 11.5 Å². The fraction of sp³-hybridized carbons (Fsp3) is 0.235. The number of benzene rings is 2. The van der Waals surface area contributed by atoms with Crippen LogP contribution in [0.2, 0.25) is 0 Å². The van der Waals surface area contributed by atoms with E-state index in [1.165, 1.54) is 24.8 Å². The van der Waals surface area contributed by atoms with E-state index in [2.05, 4.69) is 12.1 Å². The van der Waals surface area contributed by atoms with E-state index >= 15 is 0 Å². The molecule has 2 aromatic carbocycles. The van der Waals surface area contributed by atoms with Gasteiger partial charge >= 0.3 is 5.97 Å². The zero-order valence-corrected chi connectivity index (χ0v) is 11.9. The fourth-order valence-electron chi connectivity index (χ4n) is 2.03. The SMILES string of the molecule is COc1ccc(C(=O)O)cc1OCCCc1ccccc1. The highest BCUT2D eigenvalue weighted by Crippen LogP contribution is 2.28. The van der Waals surface area contributed by atoms with Crippen LogP contribution in [0.3, 0.4) is 0 Å². The van der Waals surface area contributed by atoms with Gasteiger partial charge in [0.05, 0.1) is 19.3 Å². The Morgan fingerprint density at radius 1 is 1.10 bits per heavy atom. The summed E-state index contributed by atoms with van der Waals surface area (Å²) >= 11 is 0. The Morgan fingerprint density at radius 3 is 2.52 bits per heavy atom. The van der Waals surface area contributed by atoms with Gasteiger partial charge in [-0.15, -0.1) is 0 Å². The molecule has 4 nitrogen and oxygen atoms in total. The van der Waals surface area contributed by atoms with Crippen LogP contribution < -0.4 is 9.47 Å². The molecule has 0 amide bonds. The van der Waals surface area contributed by atoms with Crippen molar-refractivity contribution in [3.8, 4) is 11.5 Å². The maximum absolute atomic E-state index is 11.0. The molecule has 0 aliphatic carbocycles. The van der Waals surface area contributed by atoms with Gasteiger partial charge in [0.2, 0.25) is 0 Å². The number of hydrogen-bond acceptors (Lipinski definition) is 3.